The number of nitrogens with zero attached hydrogens (tertiary/aromatic N) is 1. The summed E-state index contributed by atoms with van der Waals surface area (Å²) in [5, 5.41) is 1.12. The average molecular weight is 313 g/mol. The maximum Gasteiger partial charge on any atom is 0.125 e. The predicted octanol–water partition coefficient (Wildman–Crippen LogP) is 4.27. The van der Waals surface area contributed by atoms with Crippen LogP contribution in [0.1, 0.15) is 11.6 Å². The van der Waals surface area contributed by atoms with Crippen LogP contribution in [0.25, 0.3) is 0 Å². The van der Waals surface area contributed by atoms with Crippen molar-refractivity contribution in [3.63, 3.8) is 0 Å². The van der Waals surface area contributed by atoms with Gasteiger partial charge in [-0.3, -0.25) is 0 Å². The standard InChI is InChI=1S/C15H15Cl2FN2/c1-20(12-4-2-3-11(18)8-12)15(9-19)13-6-5-10(16)7-14(13)17/h2-8,15H,9,19H2,1H3. The van der Waals surface area contributed by atoms with Gasteiger partial charge in [-0.25, -0.2) is 4.39 Å². The van der Waals surface area contributed by atoms with E-state index in [1.807, 2.05) is 24.1 Å². The number of benzene rings is 2. The van der Waals surface area contributed by atoms with E-state index in [9.17, 15) is 4.39 Å². The molecule has 2 N–H and O–H groups in total. The number of likely N-dealkylation sites (N-methyl/N-ethyl adjacent to an activating group) is 1. The SMILES string of the molecule is CN(c1cccc(F)c1)C(CN)c1ccc(Cl)cc1Cl. The van der Waals surface area contributed by atoms with E-state index in [2.05, 4.69) is 0 Å². The minimum atomic E-state index is -0.285. The maximum atomic E-state index is 13.3. The lowest BCUT2D eigenvalue weighted by atomic mass is 10.0. The number of anilines is 1. The molecule has 1 unspecified atom stereocenters. The van der Waals surface area contributed by atoms with E-state index >= 15 is 0 Å². The molecule has 0 heterocycles. The van der Waals surface area contributed by atoms with Crippen LogP contribution in [0.5, 0.6) is 0 Å². The highest BCUT2D eigenvalue weighted by Crippen LogP contribution is 2.31. The monoisotopic (exact) mass is 312 g/mol. The van der Waals surface area contributed by atoms with E-state index in [4.69, 9.17) is 28.9 Å². The molecule has 2 aromatic rings. The number of hydrogen-bond acceptors (Lipinski definition) is 2. The fraction of sp³-hybridized carbons (Fsp3) is 0.200. The molecule has 0 amide bonds. The lowest BCUT2D eigenvalue weighted by Crippen LogP contribution is -2.30. The molecule has 20 heavy (non-hydrogen) atoms. The van der Waals surface area contributed by atoms with Crippen LogP contribution in [-0.4, -0.2) is 13.6 Å². The summed E-state index contributed by atoms with van der Waals surface area (Å²) < 4.78 is 13.3. The summed E-state index contributed by atoms with van der Waals surface area (Å²) in [6, 6.07) is 11.5. The molecule has 0 radical (unpaired) electrons. The van der Waals surface area contributed by atoms with Crippen molar-refractivity contribution in [2.24, 2.45) is 5.73 Å². The topological polar surface area (TPSA) is 29.3 Å². The Labute approximate surface area is 127 Å². The van der Waals surface area contributed by atoms with Crippen LogP contribution in [0.15, 0.2) is 42.5 Å². The minimum absolute atomic E-state index is 0.151. The van der Waals surface area contributed by atoms with Gasteiger partial charge < -0.3 is 10.6 Å². The summed E-state index contributed by atoms with van der Waals surface area (Å²) in [5.74, 6) is -0.285. The second-order valence-corrected chi connectivity index (χ2v) is 5.35. The molecule has 0 fully saturated rings. The Kier molecular flexibility index (Phi) is 4.86. The molecule has 2 rings (SSSR count). The Morgan fingerprint density at radius 3 is 2.55 bits per heavy atom. The second-order valence-electron chi connectivity index (χ2n) is 4.51. The molecule has 2 nitrogen and oxygen atoms in total. The maximum absolute atomic E-state index is 13.3. The van der Waals surface area contributed by atoms with Crippen LogP contribution in [0.4, 0.5) is 10.1 Å². The van der Waals surface area contributed by atoms with Gasteiger partial charge in [-0.1, -0.05) is 35.3 Å². The van der Waals surface area contributed by atoms with Gasteiger partial charge in [0.05, 0.1) is 6.04 Å². The highest BCUT2D eigenvalue weighted by molar-refractivity contribution is 6.35. The van der Waals surface area contributed by atoms with Gasteiger partial charge >= 0.3 is 0 Å². The first kappa shape index (κ1) is 15.1. The molecule has 2 aromatic carbocycles. The van der Waals surface area contributed by atoms with E-state index in [1.165, 1.54) is 12.1 Å². The molecular formula is C15H15Cl2FN2. The van der Waals surface area contributed by atoms with Crippen molar-refractivity contribution >= 4 is 28.9 Å². The Bertz CT molecular complexity index is 604. The molecule has 5 heteroatoms. The molecular weight excluding hydrogens is 298 g/mol. The first-order valence-corrected chi connectivity index (χ1v) is 6.92. The highest BCUT2D eigenvalue weighted by Gasteiger charge is 2.19. The van der Waals surface area contributed by atoms with Crippen molar-refractivity contribution < 1.29 is 4.39 Å². The van der Waals surface area contributed by atoms with Crippen LogP contribution in [0, 0.1) is 5.82 Å². The predicted molar refractivity (Wildman–Crippen MR) is 83.1 cm³/mol. The largest absolute Gasteiger partial charge is 0.366 e. The van der Waals surface area contributed by atoms with Gasteiger partial charge in [-0.05, 0) is 35.9 Å². The van der Waals surface area contributed by atoms with Crippen molar-refractivity contribution in [2.75, 3.05) is 18.5 Å². The molecule has 1 atom stereocenters. The Hall–Kier alpha value is -1.29. The first-order chi connectivity index (χ1) is 9.52. The van der Waals surface area contributed by atoms with E-state index in [-0.39, 0.29) is 11.9 Å². The van der Waals surface area contributed by atoms with Gasteiger partial charge in [0.25, 0.3) is 0 Å². The summed E-state index contributed by atoms with van der Waals surface area (Å²) in [6.45, 7) is 0.356. The Balaban J connectivity index is 2.36. The molecule has 106 valence electrons. The third-order valence-corrected chi connectivity index (χ3v) is 3.79. The van der Waals surface area contributed by atoms with Gasteiger partial charge in [0, 0.05) is 29.3 Å². The second kappa shape index (κ2) is 6.44. The van der Waals surface area contributed by atoms with Gasteiger partial charge in [0.15, 0.2) is 0 Å². The summed E-state index contributed by atoms with van der Waals surface area (Å²) in [7, 11) is 1.86. The molecule has 0 aliphatic carbocycles. The van der Waals surface area contributed by atoms with E-state index in [0.29, 0.717) is 16.6 Å². The third kappa shape index (κ3) is 3.23. The number of hydrogen-bond donors (Lipinski definition) is 1. The van der Waals surface area contributed by atoms with Gasteiger partial charge in [-0.2, -0.15) is 0 Å². The minimum Gasteiger partial charge on any atom is -0.366 e. The third-order valence-electron chi connectivity index (χ3n) is 3.23. The Morgan fingerprint density at radius 1 is 1.20 bits per heavy atom. The molecule has 0 aliphatic heterocycles. The molecule has 0 bridgehead atoms. The summed E-state index contributed by atoms with van der Waals surface area (Å²) >= 11 is 12.1. The average Bonchev–Trinajstić information content (AvgIpc) is 2.41. The zero-order valence-corrected chi connectivity index (χ0v) is 12.5. The number of rotatable bonds is 4. The molecule has 0 saturated heterocycles. The molecule has 0 spiro atoms. The highest BCUT2D eigenvalue weighted by atomic mass is 35.5. The van der Waals surface area contributed by atoms with Gasteiger partial charge in [0.1, 0.15) is 5.82 Å². The van der Waals surface area contributed by atoms with E-state index < -0.39 is 0 Å². The van der Waals surface area contributed by atoms with Crippen molar-refractivity contribution in [3.05, 3.63) is 63.9 Å². The van der Waals surface area contributed by atoms with Gasteiger partial charge in [0.2, 0.25) is 0 Å². The van der Waals surface area contributed by atoms with Crippen molar-refractivity contribution in [3.8, 4) is 0 Å². The lowest BCUT2D eigenvalue weighted by Gasteiger charge is -2.30. The quantitative estimate of drug-likeness (QED) is 0.913. The molecule has 0 aromatic heterocycles. The first-order valence-electron chi connectivity index (χ1n) is 6.16. The van der Waals surface area contributed by atoms with Crippen molar-refractivity contribution in [1.29, 1.82) is 0 Å². The summed E-state index contributed by atoms with van der Waals surface area (Å²) in [4.78, 5) is 1.90. The molecule has 0 aliphatic rings. The van der Waals surface area contributed by atoms with Crippen LogP contribution >= 0.6 is 23.2 Å². The van der Waals surface area contributed by atoms with E-state index in [0.717, 1.165) is 11.3 Å². The Morgan fingerprint density at radius 2 is 1.95 bits per heavy atom. The van der Waals surface area contributed by atoms with Crippen molar-refractivity contribution in [2.45, 2.75) is 6.04 Å². The number of halogens is 3. The number of nitrogens with two attached hydrogens (primary N) is 1. The van der Waals surface area contributed by atoms with Crippen LogP contribution in [0.3, 0.4) is 0 Å². The zero-order chi connectivity index (χ0) is 14.7. The smallest absolute Gasteiger partial charge is 0.125 e. The van der Waals surface area contributed by atoms with E-state index in [1.54, 1.807) is 18.2 Å². The zero-order valence-electron chi connectivity index (χ0n) is 11.0. The normalized spacial score (nSPS) is 12.2. The van der Waals surface area contributed by atoms with Crippen LogP contribution in [0.2, 0.25) is 10.0 Å². The fourth-order valence-corrected chi connectivity index (χ4v) is 2.68. The summed E-state index contributed by atoms with van der Waals surface area (Å²) in [5.41, 5.74) is 7.47. The lowest BCUT2D eigenvalue weighted by molar-refractivity contribution is 0.623. The van der Waals surface area contributed by atoms with Crippen LogP contribution in [-0.2, 0) is 0 Å². The van der Waals surface area contributed by atoms with Crippen LogP contribution < -0.4 is 10.6 Å². The molecule has 0 saturated carbocycles. The summed E-state index contributed by atoms with van der Waals surface area (Å²) in [6.07, 6.45) is 0. The van der Waals surface area contributed by atoms with Crippen molar-refractivity contribution in [1.82, 2.24) is 0 Å². The fourth-order valence-electron chi connectivity index (χ4n) is 2.14. The van der Waals surface area contributed by atoms with Gasteiger partial charge in [-0.15, -0.1) is 0 Å².